The topological polar surface area (TPSA) is 87.9 Å². The summed E-state index contributed by atoms with van der Waals surface area (Å²) in [6.45, 7) is 3.85. The Morgan fingerprint density at radius 2 is 2.05 bits per heavy atom. The van der Waals surface area contributed by atoms with E-state index in [0.29, 0.717) is 12.4 Å². The number of amides is 1. The van der Waals surface area contributed by atoms with Crippen molar-refractivity contribution < 1.29 is 4.79 Å². The zero-order valence-corrected chi connectivity index (χ0v) is 11.9. The predicted octanol–water partition coefficient (Wildman–Crippen LogP) is 0.946. The van der Waals surface area contributed by atoms with Crippen molar-refractivity contribution >= 4 is 5.91 Å². The molecule has 0 aliphatic heterocycles. The maximum absolute atomic E-state index is 12.5. The molecule has 0 fully saturated rings. The van der Waals surface area contributed by atoms with E-state index in [-0.39, 0.29) is 5.91 Å². The molecule has 3 N–H and O–H groups in total. The van der Waals surface area contributed by atoms with Gasteiger partial charge in [0.05, 0.1) is 6.54 Å². The van der Waals surface area contributed by atoms with Crippen LogP contribution in [0.15, 0.2) is 30.3 Å². The quantitative estimate of drug-likeness (QED) is 0.868. The second-order valence-corrected chi connectivity index (χ2v) is 5.07. The van der Waals surface area contributed by atoms with Gasteiger partial charge >= 0.3 is 0 Å². The van der Waals surface area contributed by atoms with Crippen molar-refractivity contribution in [2.75, 3.05) is 7.05 Å². The van der Waals surface area contributed by atoms with Crippen LogP contribution in [0.2, 0.25) is 0 Å². The van der Waals surface area contributed by atoms with Crippen LogP contribution >= 0.6 is 0 Å². The van der Waals surface area contributed by atoms with Crippen molar-refractivity contribution in [2.24, 2.45) is 5.73 Å². The Labute approximate surface area is 118 Å². The van der Waals surface area contributed by atoms with E-state index in [0.717, 1.165) is 11.4 Å². The van der Waals surface area contributed by atoms with E-state index in [9.17, 15) is 4.79 Å². The number of nitrogens with one attached hydrogen (secondary N) is 1. The molecular formula is C14H19N5O. The van der Waals surface area contributed by atoms with Gasteiger partial charge in [-0.25, -0.2) is 4.98 Å². The number of H-pyrrole nitrogens is 1. The number of likely N-dealkylation sites (N-methyl/N-ethyl adjacent to an activating group) is 1. The normalized spacial score (nSPS) is 13.8. The molecule has 20 heavy (non-hydrogen) atoms. The molecule has 0 radical (unpaired) electrons. The van der Waals surface area contributed by atoms with Crippen LogP contribution in [0.5, 0.6) is 0 Å². The number of benzene rings is 1. The first-order chi connectivity index (χ1) is 9.41. The standard InChI is InChI=1S/C14H19N5O/c1-10-16-12(18-17-10)9-19(3)13(20)14(2,15)11-7-5-4-6-8-11/h4-8H,9,15H2,1-3H3,(H,16,17,18). The third-order valence-electron chi connectivity index (χ3n) is 3.19. The minimum Gasteiger partial charge on any atom is -0.336 e. The van der Waals surface area contributed by atoms with E-state index >= 15 is 0 Å². The first kappa shape index (κ1) is 14.2. The molecule has 1 heterocycles. The van der Waals surface area contributed by atoms with Crippen molar-refractivity contribution in [3.8, 4) is 0 Å². The molecule has 1 aromatic heterocycles. The number of nitrogens with two attached hydrogens (primary N) is 1. The zero-order valence-electron chi connectivity index (χ0n) is 11.9. The second kappa shape index (κ2) is 5.42. The van der Waals surface area contributed by atoms with Crippen molar-refractivity contribution in [1.82, 2.24) is 20.1 Å². The van der Waals surface area contributed by atoms with E-state index in [4.69, 9.17) is 5.73 Å². The monoisotopic (exact) mass is 273 g/mol. The fraction of sp³-hybridized carbons (Fsp3) is 0.357. The molecule has 6 nitrogen and oxygen atoms in total. The van der Waals surface area contributed by atoms with Crippen LogP contribution in [0.25, 0.3) is 0 Å². The highest BCUT2D eigenvalue weighted by atomic mass is 16.2. The number of hydrogen-bond donors (Lipinski definition) is 2. The average molecular weight is 273 g/mol. The van der Waals surface area contributed by atoms with Crippen LogP contribution in [0, 0.1) is 6.92 Å². The lowest BCUT2D eigenvalue weighted by Crippen LogP contribution is -2.49. The van der Waals surface area contributed by atoms with Gasteiger partial charge in [-0.2, -0.15) is 5.10 Å². The summed E-state index contributed by atoms with van der Waals surface area (Å²) in [6, 6.07) is 9.33. The Balaban J connectivity index is 2.13. The maximum atomic E-state index is 12.5. The Kier molecular flexibility index (Phi) is 3.85. The Morgan fingerprint density at radius 3 is 2.60 bits per heavy atom. The first-order valence-electron chi connectivity index (χ1n) is 6.39. The van der Waals surface area contributed by atoms with E-state index < -0.39 is 5.54 Å². The zero-order chi connectivity index (χ0) is 14.8. The third kappa shape index (κ3) is 2.85. The molecule has 106 valence electrons. The molecule has 0 aliphatic carbocycles. The number of nitrogens with zero attached hydrogens (tertiary/aromatic N) is 3. The van der Waals surface area contributed by atoms with Gasteiger partial charge in [0.1, 0.15) is 11.4 Å². The van der Waals surface area contributed by atoms with E-state index in [2.05, 4.69) is 15.2 Å². The van der Waals surface area contributed by atoms with Crippen molar-refractivity contribution in [2.45, 2.75) is 25.9 Å². The number of carbonyl (C=O) groups is 1. The molecule has 2 rings (SSSR count). The largest absolute Gasteiger partial charge is 0.336 e. The van der Waals surface area contributed by atoms with Crippen LogP contribution < -0.4 is 5.73 Å². The minimum absolute atomic E-state index is 0.175. The molecule has 0 saturated carbocycles. The molecule has 0 spiro atoms. The second-order valence-electron chi connectivity index (χ2n) is 5.07. The van der Waals surface area contributed by atoms with Crippen LogP contribution in [-0.2, 0) is 16.9 Å². The molecule has 6 heteroatoms. The number of aromatic amines is 1. The summed E-state index contributed by atoms with van der Waals surface area (Å²) < 4.78 is 0. The summed E-state index contributed by atoms with van der Waals surface area (Å²) in [4.78, 5) is 18.2. The first-order valence-corrected chi connectivity index (χ1v) is 6.39. The van der Waals surface area contributed by atoms with Gasteiger partial charge in [0, 0.05) is 7.05 Å². The van der Waals surface area contributed by atoms with Crippen LogP contribution in [0.4, 0.5) is 0 Å². The summed E-state index contributed by atoms with van der Waals surface area (Å²) in [5, 5.41) is 6.78. The third-order valence-corrected chi connectivity index (χ3v) is 3.19. The van der Waals surface area contributed by atoms with Crippen LogP contribution in [0.1, 0.15) is 24.1 Å². The highest BCUT2D eigenvalue weighted by molar-refractivity contribution is 5.86. The fourth-order valence-corrected chi connectivity index (χ4v) is 2.05. The summed E-state index contributed by atoms with van der Waals surface area (Å²) in [7, 11) is 1.70. The number of rotatable bonds is 4. The van der Waals surface area contributed by atoms with E-state index in [1.54, 1.807) is 14.0 Å². The molecule has 1 amide bonds. The average Bonchev–Trinajstić information content (AvgIpc) is 2.84. The highest BCUT2D eigenvalue weighted by Gasteiger charge is 2.33. The molecule has 1 atom stereocenters. The molecule has 0 bridgehead atoms. The van der Waals surface area contributed by atoms with Gasteiger partial charge in [0.2, 0.25) is 5.91 Å². The molecule has 1 aromatic carbocycles. The van der Waals surface area contributed by atoms with Crippen molar-refractivity contribution in [3.05, 3.63) is 47.5 Å². The Morgan fingerprint density at radius 1 is 1.40 bits per heavy atom. The lowest BCUT2D eigenvalue weighted by molar-refractivity contribution is -0.136. The summed E-state index contributed by atoms with van der Waals surface area (Å²) >= 11 is 0. The Bertz CT molecular complexity index is 591. The lowest BCUT2D eigenvalue weighted by atomic mass is 9.92. The number of aryl methyl sites for hydroxylation is 1. The minimum atomic E-state index is -1.07. The van der Waals surface area contributed by atoms with Crippen molar-refractivity contribution in [1.29, 1.82) is 0 Å². The van der Waals surface area contributed by atoms with Gasteiger partial charge in [-0.15, -0.1) is 0 Å². The summed E-state index contributed by atoms with van der Waals surface area (Å²) in [5.41, 5.74) is 5.91. The van der Waals surface area contributed by atoms with Gasteiger partial charge in [0.15, 0.2) is 5.82 Å². The molecule has 0 saturated heterocycles. The van der Waals surface area contributed by atoms with Gasteiger partial charge in [-0.05, 0) is 19.4 Å². The fourth-order valence-electron chi connectivity index (χ4n) is 2.05. The highest BCUT2D eigenvalue weighted by Crippen LogP contribution is 2.20. The number of carbonyl (C=O) groups excluding carboxylic acids is 1. The Hall–Kier alpha value is -2.21. The number of hydrogen-bond acceptors (Lipinski definition) is 4. The van der Waals surface area contributed by atoms with E-state index in [1.165, 1.54) is 4.90 Å². The van der Waals surface area contributed by atoms with Crippen LogP contribution in [0.3, 0.4) is 0 Å². The van der Waals surface area contributed by atoms with Gasteiger partial charge in [-0.3, -0.25) is 9.89 Å². The maximum Gasteiger partial charge on any atom is 0.247 e. The number of aromatic nitrogens is 3. The molecular weight excluding hydrogens is 254 g/mol. The smallest absolute Gasteiger partial charge is 0.247 e. The lowest BCUT2D eigenvalue weighted by Gasteiger charge is -2.29. The van der Waals surface area contributed by atoms with Gasteiger partial charge in [-0.1, -0.05) is 30.3 Å². The summed E-state index contributed by atoms with van der Waals surface area (Å²) in [6.07, 6.45) is 0. The van der Waals surface area contributed by atoms with E-state index in [1.807, 2.05) is 37.3 Å². The molecule has 1 unspecified atom stereocenters. The molecule has 0 aliphatic rings. The molecule has 2 aromatic rings. The van der Waals surface area contributed by atoms with Crippen LogP contribution in [-0.4, -0.2) is 33.0 Å². The van der Waals surface area contributed by atoms with Gasteiger partial charge in [0.25, 0.3) is 0 Å². The van der Waals surface area contributed by atoms with Crippen molar-refractivity contribution in [3.63, 3.8) is 0 Å². The summed E-state index contributed by atoms with van der Waals surface area (Å²) in [5.74, 6) is 1.12. The SMILES string of the molecule is Cc1nc(CN(C)C(=O)C(C)(N)c2ccccc2)n[nH]1. The predicted molar refractivity (Wildman–Crippen MR) is 75.6 cm³/mol. The van der Waals surface area contributed by atoms with Gasteiger partial charge < -0.3 is 10.6 Å².